The molecule has 0 aliphatic carbocycles. The fourth-order valence-corrected chi connectivity index (χ4v) is 3.35. The number of halogens is 30. The molecule has 0 heterocycles. The summed E-state index contributed by atoms with van der Waals surface area (Å²) in [5.41, 5.74) is -5.32. The van der Waals surface area contributed by atoms with Gasteiger partial charge in [0.2, 0.25) is 0 Å². The van der Waals surface area contributed by atoms with Crippen LogP contribution in [0.25, 0.3) is 0 Å². The Morgan fingerprint density at radius 3 is 0.959 bits per heavy atom. The monoisotopic (exact) mass is 1160 g/mol. The quantitative estimate of drug-likeness (QED) is 0.0799. The smallest absolute Gasteiger partial charge is 0.379 e. The van der Waals surface area contributed by atoms with Crippen LogP contribution >= 0.6 is 0 Å². The van der Waals surface area contributed by atoms with Crippen LogP contribution in [0.3, 0.4) is 0 Å². The summed E-state index contributed by atoms with van der Waals surface area (Å²) in [7, 11) is 0. The summed E-state index contributed by atoms with van der Waals surface area (Å²) in [6.45, 7) is 10.7. The van der Waals surface area contributed by atoms with E-state index in [1.807, 2.05) is 0 Å². The van der Waals surface area contributed by atoms with Gasteiger partial charge in [-0.1, -0.05) is 34.6 Å². The minimum Gasteiger partial charge on any atom is -0.379 e. The van der Waals surface area contributed by atoms with Gasteiger partial charge in [0.15, 0.2) is 0 Å². The number of hydrogen-bond donors (Lipinski definition) is 0. The highest BCUT2D eigenvalue weighted by Gasteiger charge is 2.76. The zero-order valence-electron chi connectivity index (χ0n) is 39.9. The Hall–Kier alpha value is -2.30. The van der Waals surface area contributed by atoms with Gasteiger partial charge in [0.05, 0.1) is 37.1 Å². The van der Waals surface area contributed by atoms with E-state index in [4.69, 9.17) is 4.74 Å². The van der Waals surface area contributed by atoms with Crippen LogP contribution in [-0.2, 0) is 23.7 Å². The lowest BCUT2D eigenvalue weighted by Gasteiger charge is -2.32. The van der Waals surface area contributed by atoms with Gasteiger partial charge in [-0.25, -0.2) is 13.2 Å². The van der Waals surface area contributed by atoms with Crippen molar-refractivity contribution in [3.8, 4) is 0 Å². The molecule has 0 aromatic heterocycles. The van der Waals surface area contributed by atoms with Crippen molar-refractivity contribution in [1.29, 1.82) is 0 Å². The number of alkyl halides is 30. The Kier molecular flexibility index (Phi) is 34.0. The zero-order valence-corrected chi connectivity index (χ0v) is 39.9. The molecule has 5 unspecified atom stereocenters. The second-order valence-electron chi connectivity index (χ2n) is 15.1. The molecule has 0 aliphatic heterocycles. The van der Waals surface area contributed by atoms with E-state index in [9.17, 15) is 132 Å². The predicted octanol–water partition coefficient (Wildman–Crippen LogP) is 17.3. The van der Waals surface area contributed by atoms with Crippen LogP contribution in [0.5, 0.6) is 0 Å². The van der Waals surface area contributed by atoms with E-state index in [0.717, 1.165) is 13.8 Å². The van der Waals surface area contributed by atoms with Crippen LogP contribution in [-0.4, -0.2) is 129 Å². The van der Waals surface area contributed by atoms with Gasteiger partial charge in [0.25, 0.3) is 0 Å². The normalized spacial score (nSPS) is 16.1. The van der Waals surface area contributed by atoms with Crippen LogP contribution in [0, 0.1) is 0 Å². The molecule has 35 heteroatoms. The highest BCUT2D eigenvalue weighted by atomic mass is 19.5. The Balaban J connectivity index is -0.000000269. The molecule has 0 aromatic rings. The fourth-order valence-electron chi connectivity index (χ4n) is 3.35. The number of rotatable bonds is 22. The van der Waals surface area contributed by atoms with Crippen molar-refractivity contribution >= 4 is 0 Å². The summed E-state index contributed by atoms with van der Waals surface area (Å²) in [6.07, 6.45) is -49.2. The molecular formula is C38H56F30O5. The minimum atomic E-state index is -6.14. The maximum Gasteiger partial charge on any atom is 0.482 e. The van der Waals surface area contributed by atoms with Gasteiger partial charge >= 0.3 is 78.9 Å². The highest BCUT2D eigenvalue weighted by molar-refractivity contribution is 4.98. The van der Waals surface area contributed by atoms with Gasteiger partial charge in [-0.2, -0.15) is 119 Å². The average molecular weight is 1160 g/mol. The molecule has 0 radical (unpaired) electrons. The van der Waals surface area contributed by atoms with Crippen LogP contribution in [0.2, 0.25) is 0 Å². The van der Waals surface area contributed by atoms with Gasteiger partial charge in [0, 0.05) is 13.0 Å². The first kappa shape index (κ1) is 79.6. The number of ether oxygens (including phenoxy) is 5. The largest absolute Gasteiger partial charge is 0.482 e. The van der Waals surface area contributed by atoms with Crippen molar-refractivity contribution in [2.24, 2.45) is 0 Å². The molecular weight excluding hydrogens is 1110 g/mol. The second kappa shape index (κ2) is 31.2. The van der Waals surface area contributed by atoms with E-state index in [-0.39, 0.29) is 38.1 Å². The summed E-state index contributed by atoms with van der Waals surface area (Å²) in [5, 5.41) is 0. The lowest BCUT2D eigenvalue weighted by molar-refractivity contribution is -0.437. The van der Waals surface area contributed by atoms with Crippen molar-refractivity contribution in [2.45, 2.75) is 224 Å². The van der Waals surface area contributed by atoms with Gasteiger partial charge in [-0.15, -0.1) is 0 Å². The van der Waals surface area contributed by atoms with Crippen LogP contribution in [0.4, 0.5) is 132 Å². The molecule has 0 amide bonds. The molecule has 0 N–H and O–H groups in total. The molecule has 5 nitrogen and oxygen atoms in total. The first-order valence-electron chi connectivity index (χ1n) is 20.7. The summed E-state index contributed by atoms with van der Waals surface area (Å²) >= 11 is 0. The Morgan fingerprint density at radius 2 is 0.685 bits per heavy atom. The molecule has 73 heavy (non-hydrogen) atoms. The van der Waals surface area contributed by atoms with E-state index >= 15 is 0 Å². The molecule has 0 bridgehead atoms. The standard InChI is InChI=1S/C11H16F8O.C8H11F7O.C7H9F7O.C6H9F5O.C6H11F3O/c1-3-7(2)20-6-4-5-9(14,15)11(18,19)10(16,17)8(12)13;1-3-5(2)16-4-6(9,7(10,11)12)8(13,14)15;1-3-4(2)15-5(8,6(9,10)11)7(12,13)14;1-3-4(2)12-6(10,11)5(7,8)9;1-3-5(2)10-4-6(7,8)9/h7-8H,3-6H2,1-2H3;5H,3-4H2,1-2H3;4H,3H2,1-2H3;4H,3H2,1-2H3;5H,3-4H2,1-2H3. The Bertz CT molecular complexity index is 1400. The van der Waals surface area contributed by atoms with E-state index in [1.54, 1.807) is 27.7 Å². The third kappa shape index (κ3) is 28.1. The average Bonchev–Trinajstić information content (AvgIpc) is 3.21. The van der Waals surface area contributed by atoms with E-state index in [1.165, 1.54) is 27.7 Å². The highest BCUT2D eigenvalue weighted by Crippen LogP contribution is 2.51. The summed E-state index contributed by atoms with van der Waals surface area (Å²) in [4.78, 5) is 0. The molecule has 448 valence electrons. The predicted molar refractivity (Wildman–Crippen MR) is 198 cm³/mol. The fraction of sp³-hybridized carbons (Fsp3) is 1.00. The molecule has 0 aromatic carbocycles. The van der Waals surface area contributed by atoms with Crippen LogP contribution in [0.15, 0.2) is 0 Å². The van der Waals surface area contributed by atoms with E-state index in [0.29, 0.717) is 12.8 Å². The molecule has 0 aliphatic rings. The summed E-state index contributed by atoms with van der Waals surface area (Å²) < 4.78 is 382. The molecule has 0 rings (SSSR count). The maximum atomic E-state index is 13.0. The first-order chi connectivity index (χ1) is 32.0. The molecule has 0 saturated carbocycles. The Morgan fingerprint density at radius 1 is 0.370 bits per heavy atom. The van der Waals surface area contributed by atoms with Gasteiger partial charge < -0.3 is 23.7 Å². The first-order valence-corrected chi connectivity index (χ1v) is 20.7. The third-order valence-corrected chi connectivity index (χ3v) is 8.83. The van der Waals surface area contributed by atoms with E-state index < -0.39 is 123 Å². The third-order valence-electron chi connectivity index (χ3n) is 8.83. The molecule has 0 fully saturated rings. The van der Waals surface area contributed by atoms with Crippen molar-refractivity contribution in [3.63, 3.8) is 0 Å². The van der Waals surface area contributed by atoms with Crippen molar-refractivity contribution in [1.82, 2.24) is 0 Å². The van der Waals surface area contributed by atoms with E-state index in [2.05, 4.69) is 18.9 Å². The van der Waals surface area contributed by atoms with Crippen molar-refractivity contribution < 1.29 is 155 Å². The SMILES string of the molecule is CCC(C)OC(F)(C(F)(F)F)C(F)(F)F.CCC(C)OC(F)(F)C(F)(F)F.CCC(C)OCC(F)(C(F)(F)F)C(F)(F)F.CCC(C)OCC(F)(F)F.CCC(C)OCCCC(F)(F)C(F)(F)C(F)(F)C(F)F. The van der Waals surface area contributed by atoms with Crippen LogP contribution in [0.1, 0.15) is 114 Å². The lowest BCUT2D eigenvalue weighted by atomic mass is 10.0. The summed E-state index contributed by atoms with van der Waals surface area (Å²) in [5.74, 6) is -23.1. The summed E-state index contributed by atoms with van der Waals surface area (Å²) in [6, 6.07) is 0. The second-order valence-corrected chi connectivity index (χ2v) is 15.1. The topological polar surface area (TPSA) is 46.2 Å². The van der Waals surface area contributed by atoms with Crippen molar-refractivity contribution in [3.05, 3.63) is 0 Å². The number of hydrogen-bond acceptors (Lipinski definition) is 5. The van der Waals surface area contributed by atoms with Crippen molar-refractivity contribution in [2.75, 3.05) is 19.8 Å². The van der Waals surface area contributed by atoms with Crippen LogP contribution < -0.4 is 0 Å². The molecule has 0 spiro atoms. The van der Waals surface area contributed by atoms with Gasteiger partial charge in [-0.05, 0) is 73.1 Å². The Labute approximate surface area is 399 Å². The maximum absolute atomic E-state index is 13.0. The zero-order chi connectivity index (χ0) is 60.1. The molecule has 5 atom stereocenters. The van der Waals surface area contributed by atoms with Gasteiger partial charge in [0.1, 0.15) is 6.61 Å². The lowest BCUT2D eigenvalue weighted by Crippen LogP contribution is -2.57. The van der Waals surface area contributed by atoms with Gasteiger partial charge in [-0.3, -0.25) is 0 Å². The minimum absolute atomic E-state index is 0.103. The molecule has 0 saturated heterocycles.